The van der Waals surface area contributed by atoms with Gasteiger partial charge >= 0.3 is 0 Å². The molecule has 0 saturated heterocycles. The Balaban J connectivity index is 2.19. The summed E-state index contributed by atoms with van der Waals surface area (Å²) in [6.45, 7) is 4.66. The summed E-state index contributed by atoms with van der Waals surface area (Å²) in [7, 11) is 0. The summed E-state index contributed by atoms with van der Waals surface area (Å²) < 4.78 is 0. The van der Waals surface area contributed by atoms with Gasteiger partial charge in [0.05, 0.1) is 0 Å². The molecular formula is C15H22Cl2N2. The number of nitrogens with one attached hydrogen (secondary N) is 1. The van der Waals surface area contributed by atoms with Gasteiger partial charge in [0.15, 0.2) is 0 Å². The third-order valence-corrected chi connectivity index (χ3v) is 4.97. The maximum Gasteiger partial charge on any atom is 0.0489 e. The fourth-order valence-electron chi connectivity index (χ4n) is 3.15. The Hall–Kier alpha value is -0.280. The normalized spacial score (nSPS) is 29.2. The molecule has 0 aliphatic heterocycles. The molecule has 1 saturated carbocycles. The number of halogens is 2. The molecule has 4 unspecified atom stereocenters. The zero-order valence-corrected chi connectivity index (χ0v) is 13.0. The first kappa shape index (κ1) is 15.1. The van der Waals surface area contributed by atoms with Crippen molar-refractivity contribution >= 4 is 23.2 Å². The lowest BCUT2D eigenvalue weighted by atomic mass is 9.72. The van der Waals surface area contributed by atoms with Gasteiger partial charge in [-0.2, -0.15) is 0 Å². The quantitative estimate of drug-likeness (QED) is 0.634. The number of hydrogen-bond donors (Lipinski definition) is 2. The number of benzene rings is 1. The number of nitrogens with two attached hydrogens (primary N) is 1. The summed E-state index contributed by atoms with van der Waals surface area (Å²) in [5, 5.41) is 1.33. The lowest BCUT2D eigenvalue weighted by Crippen LogP contribution is -2.36. The molecule has 19 heavy (non-hydrogen) atoms. The molecule has 1 aliphatic carbocycles. The van der Waals surface area contributed by atoms with Gasteiger partial charge in [0.2, 0.25) is 0 Å². The van der Waals surface area contributed by atoms with Crippen LogP contribution < -0.4 is 11.3 Å². The second kappa shape index (κ2) is 6.45. The van der Waals surface area contributed by atoms with Crippen molar-refractivity contribution in [2.75, 3.05) is 0 Å². The second-order valence-corrected chi connectivity index (χ2v) is 6.75. The highest BCUT2D eigenvalue weighted by molar-refractivity contribution is 6.34. The molecule has 106 valence electrons. The summed E-state index contributed by atoms with van der Waals surface area (Å²) in [6.07, 6.45) is 3.66. The van der Waals surface area contributed by atoms with E-state index < -0.39 is 0 Å². The minimum atomic E-state index is 0.131. The molecule has 0 aromatic heterocycles. The van der Waals surface area contributed by atoms with Crippen LogP contribution in [0.5, 0.6) is 0 Å². The number of hydrogen-bond acceptors (Lipinski definition) is 2. The van der Waals surface area contributed by atoms with Gasteiger partial charge in [0.1, 0.15) is 0 Å². The standard InChI is InChI=1S/C15H22Cl2N2/c1-9-3-4-11(5-10(9)2)15(19-18)12-6-13(16)8-14(17)7-12/h6-11,15,19H,3-5,18H2,1-2H3. The average Bonchev–Trinajstić information content (AvgIpc) is 2.33. The van der Waals surface area contributed by atoms with E-state index in [4.69, 9.17) is 29.0 Å². The summed E-state index contributed by atoms with van der Waals surface area (Å²) in [5.41, 5.74) is 4.05. The molecule has 1 fully saturated rings. The molecule has 4 heteroatoms. The molecule has 0 bridgehead atoms. The third-order valence-electron chi connectivity index (χ3n) is 4.53. The lowest BCUT2D eigenvalue weighted by molar-refractivity contribution is 0.171. The van der Waals surface area contributed by atoms with Gasteiger partial charge in [-0.15, -0.1) is 0 Å². The van der Waals surface area contributed by atoms with E-state index in [9.17, 15) is 0 Å². The van der Waals surface area contributed by atoms with Crippen LogP contribution in [0.15, 0.2) is 18.2 Å². The topological polar surface area (TPSA) is 38.0 Å². The van der Waals surface area contributed by atoms with Gasteiger partial charge in [-0.1, -0.05) is 43.5 Å². The van der Waals surface area contributed by atoms with Gasteiger partial charge in [0, 0.05) is 16.1 Å². The van der Waals surface area contributed by atoms with Gasteiger partial charge in [-0.3, -0.25) is 11.3 Å². The zero-order chi connectivity index (χ0) is 14.0. The number of hydrazine groups is 1. The van der Waals surface area contributed by atoms with E-state index in [1.54, 1.807) is 6.07 Å². The molecule has 2 nitrogen and oxygen atoms in total. The van der Waals surface area contributed by atoms with E-state index in [-0.39, 0.29) is 6.04 Å². The highest BCUT2D eigenvalue weighted by Crippen LogP contribution is 2.40. The van der Waals surface area contributed by atoms with Crippen LogP contribution >= 0.6 is 23.2 Å². The predicted molar refractivity (Wildman–Crippen MR) is 82.2 cm³/mol. The Morgan fingerprint density at radius 2 is 1.74 bits per heavy atom. The number of rotatable bonds is 3. The molecule has 0 spiro atoms. The monoisotopic (exact) mass is 300 g/mol. The van der Waals surface area contributed by atoms with Crippen molar-refractivity contribution in [3.8, 4) is 0 Å². The van der Waals surface area contributed by atoms with Crippen LogP contribution in [0.1, 0.15) is 44.7 Å². The van der Waals surface area contributed by atoms with Crippen molar-refractivity contribution in [1.29, 1.82) is 0 Å². The van der Waals surface area contributed by atoms with Gasteiger partial charge in [-0.25, -0.2) is 0 Å². The van der Waals surface area contributed by atoms with E-state index >= 15 is 0 Å². The van der Waals surface area contributed by atoms with Crippen LogP contribution in [0.3, 0.4) is 0 Å². The highest BCUT2D eigenvalue weighted by Gasteiger charge is 2.30. The van der Waals surface area contributed by atoms with Crippen LogP contribution in [-0.2, 0) is 0 Å². The molecule has 1 aromatic rings. The van der Waals surface area contributed by atoms with E-state index in [1.807, 2.05) is 12.1 Å². The van der Waals surface area contributed by atoms with E-state index in [2.05, 4.69) is 19.3 Å². The second-order valence-electron chi connectivity index (χ2n) is 5.87. The van der Waals surface area contributed by atoms with Crippen molar-refractivity contribution in [3.63, 3.8) is 0 Å². The fourth-order valence-corrected chi connectivity index (χ4v) is 3.69. The molecule has 2 rings (SSSR count). The van der Waals surface area contributed by atoms with Crippen molar-refractivity contribution in [2.24, 2.45) is 23.6 Å². The first-order chi connectivity index (χ1) is 9.01. The van der Waals surface area contributed by atoms with E-state index in [0.717, 1.165) is 17.4 Å². The molecule has 0 heterocycles. The van der Waals surface area contributed by atoms with Gasteiger partial charge < -0.3 is 0 Å². The predicted octanol–water partition coefficient (Wildman–Crippen LogP) is 4.57. The van der Waals surface area contributed by atoms with Crippen molar-refractivity contribution in [1.82, 2.24) is 5.43 Å². The van der Waals surface area contributed by atoms with Crippen LogP contribution in [0.4, 0.5) is 0 Å². The lowest BCUT2D eigenvalue weighted by Gasteiger charge is -2.36. The SMILES string of the molecule is CC1CCC(C(NN)c2cc(Cl)cc(Cl)c2)CC1C. The van der Waals surface area contributed by atoms with Crippen LogP contribution in [0.25, 0.3) is 0 Å². The zero-order valence-electron chi connectivity index (χ0n) is 11.5. The minimum absolute atomic E-state index is 0.131. The maximum absolute atomic E-state index is 6.09. The Bertz CT molecular complexity index is 416. The summed E-state index contributed by atoms with van der Waals surface area (Å²) >= 11 is 12.2. The molecule has 0 amide bonds. The summed E-state index contributed by atoms with van der Waals surface area (Å²) in [5.74, 6) is 7.87. The third kappa shape index (κ3) is 3.63. The van der Waals surface area contributed by atoms with Crippen LogP contribution in [-0.4, -0.2) is 0 Å². The Kier molecular flexibility index (Phi) is 5.13. The van der Waals surface area contributed by atoms with Crippen LogP contribution in [0, 0.1) is 17.8 Å². The highest BCUT2D eigenvalue weighted by atomic mass is 35.5. The fraction of sp³-hybridized carbons (Fsp3) is 0.600. The summed E-state index contributed by atoms with van der Waals surface area (Å²) in [4.78, 5) is 0. The molecular weight excluding hydrogens is 279 g/mol. The van der Waals surface area contributed by atoms with Gasteiger partial charge in [-0.05, 0) is 54.4 Å². The van der Waals surface area contributed by atoms with Crippen molar-refractivity contribution in [2.45, 2.75) is 39.2 Å². The first-order valence-electron chi connectivity index (χ1n) is 6.93. The summed E-state index contributed by atoms with van der Waals surface area (Å²) in [6, 6.07) is 5.80. The largest absolute Gasteiger partial charge is 0.271 e. The molecule has 4 atom stereocenters. The van der Waals surface area contributed by atoms with Gasteiger partial charge in [0.25, 0.3) is 0 Å². The van der Waals surface area contributed by atoms with Crippen molar-refractivity contribution < 1.29 is 0 Å². The Morgan fingerprint density at radius 3 is 2.26 bits per heavy atom. The maximum atomic E-state index is 6.09. The van der Waals surface area contributed by atoms with Crippen molar-refractivity contribution in [3.05, 3.63) is 33.8 Å². The first-order valence-corrected chi connectivity index (χ1v) is 7.69. The minimum Gasteiger partial charge on any atom is -0.271 e. The molecule has 0 radical (unpaired) electrons. The van der Waals surface area contributed by atoms with Crippen LogP contribution in [0.2, 0.25) is 10.0 Å². The average molecular weight is 301 g/mol. The molecule has 3 N–H and O–H groups in total. The smallest absolute Gasteiger partial charge is 0.0489 e. The molecule has 1 aliphatic rings. The van der Waals surface area contributed by atoms with E-state index in [1.165, 1.54) is 19.3 Å². The van der Waals surface area contributed by atoms with E-state index in [0.29, 0.717) is 16.0 Å². The molecule has 1 aromatic carbocycles. The Labute approximate surface area is 125 Å². The Morgan fingerprint density at radius 1 is 1.11 bits per heavy atom.